The van der Waals surface area contributed by atoms with Crippen LogP contribution in [0.15, 0.2) is 30.3 Å². The van der Waals surface area contributed by atoms with Crippen LogP contribution in [0.5, 0.6) is 0 Å². The van der Waals surface area contributed by atoms with E-state index in [2.05, 4.69) is 16.0 Å². The van der Waals surface area contributed by atoms with Gasteiger partial charge >= 0.3 is 0 Å². The highest BCUT2D eigenvalue weighted by Gasteiger charge is 2.19. The molecule has 0 aromatic heterocycles. The van der Waals surface area contributed by atoms with E-state index in [4.69, 9.17) is 0 Å². The van der Waals surface area contributed by atoms with Crippen molar-refractivity contribution in [2.24, 2.45) is 0 Å². The van der Waals surface area contributed by atoms with Gasteiger partial charge in [0.2, 0.25) is 11.8 Å². The fraction of sp³-hybridized carbons (Fsp3) is 0.500. The van der Waals surface area contributed by atoms with E-state index in [0.717, 1.165) is 37.8 Å². The number of hydrogen-bond donors (Lipinski definition) is 3. The van der Waals surface area contributed by atoms with Gasteiger partial charge in [-0.3, -0.25) is 9.59 Å². The lowest BCUT2D eigenvalue weighted by molar-refractivity contribution is -0.127. The van der Waals surface area contributed by atoms with Gasteiger partial charge in [-0.2, -0.15) is 0 Å². The molecule has 0 spiro atoms. The molecule has 1 saturated heterocycles. The smallest absolute Gasteiger partial charge is 0.239 e. The SMILES string of the molecule is O=C(CNC(=O)C1CCCCCN1)NCc1ccccc1. The Kier molecular flexibility index (Phi) is 6.22. The minimum atomic E-state index is -0.166. The van der Waals surface area contributed by atoms with Crippen molar-refractivity contribution >= 4 is 11.8 Å². The molecule has 2 amide bonds. The van der Waals surface area contributed by atoms with Gasteiger partial charge in [-0.15, -0.1) is 0 Å². The van der Waals surface area contributed by atoms with Crippen LogP contribution < -0.4 is 16.0 Å². The van der Waals surface area contributed by atoms with E-state index in [9.17, 15) is 9.59 Å². The van der Waals surface area contributed by atoms with Crippen LogP contribution in [0.4, 0.5) is 0 Å². The summed E-state index contributed by atoms with van der Waals surface area (Å²) < 4.78 is 0. The van der Waals surface area contributed by atoms with E-state index < -0.39 is 0 Å². The van der Waals surface area contributed by atoms with E-state index in [0.29, 0.717) is 6.54 Å². The molecule has 2 rings (SSSR count). The number of amides is 2. The molecule has 1 fully saturated rings. The maximum absolute atomic E-state index is 12.0. The topological polar surface area (TPSA) is 70.2 Å². The van der Waals surface area contributed by atoms with Gasteiger partial charge in [0.1, 0.15) is 0 Å². The van der Waals surface area contributed by atoms with Crippen molar-refractivity contribution in [1.29, 1.82) is 0 Å². The first-order valence-electron chi connectivity index (χ1n) is 7.57. The zero-order valence-corrected chi connectivity index (χ0v) is 12.2. The van der Waals surface area contributed by atoms with Crippen molar-refractivity contribution in [2.75, 3.05) is 13.1 Å². The van der Waals surface area contributed by atoms with E-state index in [1.165, 1.54) is 0 Å². The van der Waals surface area contributed by atoms with Crippen molar-refractivity contribution in [1.82, 2.24) is 16.0 Å². The third kappa shape index (κ3) is 5.55. The molecule has 0 aliphatic carbocycles. The van der Waals surface area contributed by atoms with Crippen LogP contribution in [0.25, 0.3) is 0 Å². The summed E-state index contributed by atoms with van der Waals surface area (Å²) >= 11 is 0. The van der Waals surface area contributed by atoms with Crippen LogP contribution >= 0.6 is 0 Å². The summed E-state index contributed by atoms with van der Waals surface area (Å²) in [6.45, 7) is 1.39. The Bertz CT molecular complexity index is 454. The van der Waals surface area contributed by atoms with E-state index >= 15 is 0 Å². The number of benzene rings is 1. The fourth-order valence-electron chi connectivity index (χ4n) is 2.40. The first kappa shape index (κ1) is 15.5. The normalized spacial score (nSPS) is 18.6. The van der Waals surface area contributed by atoms with Crippen LogP contribution in [-0.4, -0.2) is 30.9 Å². The van der Waals surface area contributed by atoms with Crippen LogP contribution in [0.2, 0.25) is 0 Å². The molecule has 1 heterocycles. The van der Waals surface area contributed by atoms with Crippen molar-refractivity contribution < 1.29 is 9.59 Å². The molecule has 1 aromatic rings. The molecular weight excluding hydrogens is 266 g/mol. The second-order valence-corrected chi connectivity index (χ2v) is 5.34. The summed E-state index contributed by atoms with van der Waals surface area (Å²) in [5.41, 5.74) is 1.04. The Morgan fingerprint density at radius 3 is 2.71 bits per heavy atom. The molecular formula is C16H23N3O2. The summed E-state index contributed by atoms with van der Waals surface area (Å²) in [4.78, 5) is 23.7. The minimum Gasteiger partial charge on any atom is -0.350 e. The quantitative estimate of drug-likeness (QED) is 0.756. The first-order chi connectivity index (χ1) is 10.3. The Labute approximate surface area is 125 Å². The highest BCUT2D eigenvalue weighted by atomic mass is 16.2. The van der Waals surface area contributed by atoms with Gasteiger partial charge in [-0.1, -0.05) is 43.2 Å². The first-order valence-corrected chi connectivity index (χ1v) is 7.57. The molecule has 0 bridgehead atoms. The van der Waals surface area contributed by atoms with Crippen molar-refractivity contribution in [2.45, 2.75) is 38.3 Å². The van der Waals surface area contributed by atoms with E-state index in [1.54, 1.807) is 0 Å². The van der Waals surface area contributed by atoms with Crippen LogP contribution in [-0.2, 0) is 16.1 Å². The highest BCUT2D eigenvalue weighted by molar-refractivity contribution is 5.87. The van der Waals surface area contributed by atoms with Gasteiger partial charge < -0.3 is 16.0 Å². The Balaban J connectivity index is 1.67. The maximum Gasteiger partial charge on any atom is 0.239 e. The molecule has 1 aliphatic heterocycles. The fourth-order valence-corrected chi connectivity index (χ4v) is 2.40. The molecule has 0 radical (unpaired) electrons. The van der Waals surface area contributed by atoms with E-state index in [1.807, 2.05) is 30.3 Å². The zero-order chi connectivity index (χ0) is 14.9. The minimum absolute atomic E-state index is 0.0316. The van der Waals surface area contributed by atoms with Crippen molar-refractivity contribution in [3.63, 3.8) is 0 Å². The lowest BCUT2D eigenvalue weighted by Gasteiger charge is -2.15. The molecule has 5 nitrogen and oxygen atoms in total. The van der Waals surface area contributed by atoms with Crippen molar-refractivity contribution in [3.05, 3.63) is 35.9 Å². The van der Waals surface area contributed by atoms with E-state index in [-0.39, 0.29) is 24.4 Å². The van der Waals surface area contributed by atoms with Crippen LogP contribution in [0.3, 0.4) is 0 Å². The number of hydrogen-bond acceptors (Lipinski definition) is 3. The average Bonchev–Trinajstić information content (AvgIpc) is 2.81. The van der Waals surface area contributed by atoms with Gasteiger partial charge in [-0.05, 0) is 24.9 Å². The number of carbonyl (C=O) groups is 2. The molecule has 21 heavy (non-hydrogen) atoms. The van der Waals surface area contributed by atoms with Gasteiger partial charge in [0, 0.05) is 6.54 Å². The van der Waals surface area contributed by atoms with Crippen LogP contribution in [0.1, 0.15) is 31.2 Å². The van der Waals surface area contributed by atoms with Gasteiger partial charge in [0.25, 0.3) is 0 Å². The molecule has 5 heteroatoms. The number of rotatable bonds is 5. The van der Waals surface area contributed by atoms with Gasteiger partial charge in [-0.25, -0.2) is 0 Å². The summed E-state index contributed by atoms with van der Waals surface area (Å²) in [5.74, 6) is -0.243. The summed E-state index contributed by atoms with van der Waals surface area (Å²) in [6.07, 6.45) is 4.18. The molecule has 1 atom stereocenters. The van der Waals surface area contributed by atoms with Gasteiger partial charge in [0.05, 0.1) is 12.6 Å². The third-order valence-corrected chi connectivity index (χ3v) is 3.63. The largest absolute Gasteiger partial charge is 0.350 e. The molecule has 114 valence electrons. The number of carbonyl (C=O) groups excluding carboxylic acids is 2. The van der Waals surface area contributed by atoms with Crippen molar-refractivity contribution in [3.8, 4) is 0 Å². The molecule has 3 N–H and O–H groups in total. The lowest BCUT2D eigenvalue weighted by Crippen LogP contribution is -2.46. The lowest BCUT2D eigenvalue weighted by atomic mass is 10.1. The second-order valence-electron chi connectivity index (χ2n) is 5.34. The zero-order valence-electron chi connectivity index (χ0n) is 12.2. The molecule has 1 unspecified atom stereocenters. The third-order valence-electron chi connectivity index (χ3n) is 3.63. The molecule has 0 saturated carbocycles. The Morgan fingerprint density at radius 2 is 1.90 bits per heavy atom. The summed E-state index contributed by atoms with van der Waals surface area (Å²) in [7, 11) is 0. The van der Waals surface area contributed by atoms with Crippen LogP contribution in [0, 0.1) is 0 Å². The Morgan fingerprint density at radius 1 is 1.10 bits per heavy atom. The summed E-state index contributed by atoms with van der Waals surface area (Å²) in [5, 5.41) is 8.72. The second kappa shape index (κ2) is 8.42. The average molecular weight is 289 g/mol. The molecule has 1 aromatic carbocycles. The predicted octanol–water partition coefficient (Wildman–Crippen LogP) is 0.951. The monoisotopic (exact) mass is 289 g/mol. The highest BCUT2D eigenvalue weighted by Crippen LogP contribution is 2.08. The maximum atomic E-state index is 12.0. The van der Waals surface area contributed by atoms with Gasteiger partial charge in [0.15, 0.2) is 0 Å². The number of nitrogens with one attached hydrogen (secondary N) is 3. The Hall–Kier alpha value is -1.88. The predicted molar refractivity (Wildman–Crippen MR) is 81.6 cm³/mol. The summed E-state index contributed by atoms with van der Waals surface area (Å²) in [6, 6.07) is 9.55. The standard InChI is InChI=1S/C16H23N3O2/c20-15(18-11-13-7-3-1-4-8-13)12-19-16(21)14-9-5-2-6-10-17-14/h1,3-4,7-8,14,17H,2,5-6,9-12H2,(H,18,20)(H,19,21). The molecule has 1 aliphatic rings.